The van der Waals surface area contributed by atoms with Gasteiger partial charge in [0.05, 0.1) is 5.69 Å². The van der Waals surface area contributed by atoms with Gasteiger partial charge < -0.3 is 10.2 Å². The minimum atomic E-state index is -0.621. The lowest BCUT2D eigenvalue weighted by Crippen LogP contribution is -2.37. The summed E-state index contributed by atoms with van der Waals surface area (Å²) in [5.41, 5.74) is 2.48. The van der Waals surface area contributed by atoms with Gasteiger partial charge in [-0.3, -0.25) is 4.21 Å². The molecule has 1 aliphatic rings. The maximum Gasteiger partial charge on any atom is 0.0511 e. The molecule has 0 radical (unpaired) electrons. The molecule has 100 valence electrons. The zero-order valence-corrected chi connectivity index (χ0v) is 13.2. The Labute approximate surface area is 120 Å². The SMILES string of the molecule is CNC(C)c1ccc(N2CCS(=O)CC2)c(Br)c1. The maximum atomic E-state index is 11.4. The van der Waals surface area contributed by atoms with Gasteiger partial charge in [-0.1, -0.05) is 6.07 Å². The number of hydrogen-bond acceptors (Lipinski definition) is 3. The van der Waals surface area contributed by atoms with Gasteiger partial charge in [0.15, 0.2) is 0 Å². The van der Waals surface area contributed by atoms with Crippen molar-refractivity contribution in [1.29, 1.82) is 0 Å². The van der Waals surface area contributed by atoms with Gasteiger partial charge in [0.2, 0.25) is 0 Å². The average Bonchev–Trinajstić information content (AvgIpc) is 2.39. The Hall–Kier alpha value is -0.390. The molecule has 1 atom stereocenters. The first-order valence-corrected chi connectivity index (χ1v) is 8.46. The zero-order valence-electron chi connectivity index (χ0n) is 10.8. The first kappa shape index (κ1) is 14.0. The minimum Gasteiger partial charge on any atom is -0.369 e. The summed E-state index contributed by atoms with van der Waals surface area (Å²) in [6, 6.07) is 6.83. The molecule has 3 nitrogen and oxygen atoms in total. The number of anilines is 1. The minimum absolute atomic E-state index is 0.351. The Morgan fingerprint density at radius 2 is 2.06 bits per heavy atom. The van der Waals surface area contributed by atoms with Gasteiger partial charge in [-0.15, -0.1) is 0 Å². The molecule has 0 spiro atoms. The number of benzene rings is 1. The lowest BCUT2D eigenvalue weighted by Gasteiger charge is -2.29. The van der Waals surface area contributed by atoms with Crippen LogP contribution in [0.25, 0.3) is 0 Å². The van der Waals surface area contributed by atoms with Crippen molar-refractivity contribution in [2.75, 3.05) is 36.5 Å². The summed E-state index contributed by atoms with van der Waals surface area (Å²) in [4.78, 5) is 2.30. The van der Waals surface area contributed by atoms with E-state index < -0.39 is 10.8 Å². The maximum absolute atomic E-state index is 11.4. The number of halogens is 1. The molecule has 1 aromatic rings. The Morgan fingerprint density at radius 1 is 1.39 bits per heavy atom. The molecule has 0 amide bonds. The standard InChI is InChI=1S/C13H19BrN2OS/c1-10(15-2)11-3-4-13(12(14)9-11)16-5-7-18(17)8-6-16/h3-4,9-10,15H,5-8H2,1-2H3. The van der Waals surface area contributed by atoms with E-state index in [9.17, 15) is 4.21 Å². The van der Waals surface area contributed by atoms with Crippen LogP contribution < -0.4 is 10.2 Å². The fraction of sp³-hybridized carbons (Fsp3) is 0.538. The van der Waals surface area contributed by atoms with Gasteiger partial charge in [0.1, 0.15) is 0 Å². The van der Waals surface area contributed by atoms with Crippen LogP contribution in [0.1, 0.15) is 18.5 Å². The Balaban J connectivity index is 2.17. The molecule has 2 rings (SSSR count). The molecular formula is C13H19BrN2OS. The van der Waals surface area contributed by atoms with Crippen LogP contribution in [0, 0.1) is 0 Å². The third-order valence-corrected chi connectivity index (χ3v) is 5.33. The molecule has 1 aliphatic heterocycles. The molecule has 1 unspecified atom stereocenters. The second kappa shape index (κ2) is 6.17. The highest BCUT2D eigenvalue weighted by molar-refractivity contribution is 9.10. The number of nitrogens with one attached hydrogen (secondary N) is 1. The van der Waals surface area contributed by atoms with Gasteiger partial charge in [0, 0.05) is 45.9 Å². The summed E-state index contributed by atoms with van der Waals surface area (Å²) in [6.07, 6.45) is 0. The molecule has 1 fully saturated rings. The molecule has 0 aliphatic carbocycles. The van der Waals surface area contributed by atoms with E-state index in [1.54, 1.807) is 0 Å². The molecule has 18 heavy (non-hydrogen) atoms. The van der Waals surface area contributed by atoms with Crippen LogP contribution in [0.15, 0.2) is 22.7 Å². The molecule has 0 aromatic heterocycles. The van der Waals surface area contributed by atoms with Gasteiger partial charge in [-0.25, -0.2) is 0 Å². The summed E-state index contributed by atoms with van der Waals surface area (Å²) in [7, 11) is 1.34. The third-order valence-electron chi connectivity index (χ3n) is 3.42. The third kappa shape index (κ3) is 3.13. The smallest absolute Gasteiger partial charge is 0.0511 e. The normalized spacial score (nSPS) is 18.9. The molecule has 5 heteroatoms. The van der Waals surface area contributed by atoms with E-state index in [-0.39, 0.29) is 0 Å². The number of rotatable bonds is 3. The molecule has 1 N–H and O–H groups in total. The van der Waals surface area contributed by atoms with Gasteiger partial charge in [-0.2, -0.15) is 0 Å². The van der Waals surface area contributed by atoms with Crippen molar-refractivity contribution in [3.8, 4) is 0 Å². The van der Waals surface area contributed by atoms with Crippen molar-refractivity contribution in [2.24, 2.45) is 0 Å². The first-order valence-electron chi connectivity index (χ1n) is 6.18. The summed E-state index contributed by atoms with van der Waals surface area (Å²) in [6.45, 7) is 3.91. The molecule has 1 aromatic carbocycles. The second-order valence-electron chi connectivity index (χ2n) is 4.56. The monoisotopic (exact) mass is 330 g/mol. The van der Waals surface area contributed by atoms with Crippen LogP contribution in [0.3, 0.4) is 0 Å². The lowest BCUT2D eigenvalue weighted by molar-refractivity contribution is 0.651. The van der Waals surface area contributed by atoms with E-state index in [2.05, 4.69) is 51.3 Å². The molecule has 1 heterocycles. The first-order chi connectivity index (χ1) is 8.61. The Kier molecular flexibility index (Phi) is 4.81. The van der Waals surface area contributed by atoms with Gasteiger partial charge >= 0.3 is 0 Å². The zero-order chi connectivity index (χ0) is 13.1. The van der Waals surface area contributed by atoms with Crippen LogP contribution >= 0.6 is 15.9 Å². The number of nitrogens with zero attached hydrogens (tertiary/aromatic N) is 1. The van der Waals surface area contributed by atoms with Crippen molar-refractivity contribution in [2.45, 2.75) is 13.0 Å². The Morgan fingerprint density at radius 3 is 2.61 bits per heavy atom. The van der Waals surface area contributed by atoms with Gasteiger partial charge in [-0.05, 0) is 47.6 Å². The second-order valence-corrected chi connectivity index (χ2v) is 7.11. The van der Waals surface area contributed by atoms with Crippen molar-refractivity contribution in [3.05, 3.63) is 28.2 Å². The van der Waals surface area contributed by atoms with Crippen LogP contribution in [0.5, 0.6) is 0 Å². The van der Waals surface area contributed by atoms with Crippen LogP contribution in [-0.2, 0) is 10.8 Å². The highest BCUT2D eigenvalue weighted by Crippen LogP contribution is 2.30. The van der Waals surface area contributed by atoms with Crippen LogP contribution in [0.2, 0.25) is 0 Å². The molecule has 0 bridgehead atoms. The highest BCUT2D eigenvalue weighted by atomic mass is 79.9. The topological polar surface area (TPSA) is 32.3 Å². The van der Waals surface area contributed by atoms with Crippen molar-refractivity contribution in [3.63, 3.8) is 0 Å². The van der Waals surface area contributed by atoms with E-state index in [1.807, 2.05) is 7.05 Å². The molecule has 0 saturated carbocycles. The lowest BCUT2D eigenvalue weighted by atomic mass is 10.1. The molecule has 1 saturated heterocycles. The molecular weight excluding hydrogens is 312 g/mol. The Bertz CT molecular complexity index is 443. The van der Waals surface area contributed by atoms with Crippen molar-refractivity contribution < 1.29 is 4.21 Å². The summed E-state index contributed by atoms with van der Waals surface area (Å²) in [5.74, 6) is 1.56. The summed E-state index contributed by atoms with van der Waals surface area (Å²) >= 11 is 3.65. The van der Waals surface area contributed by atoms with Crippen molar-refractivity contribution in [1.82, 2.24) is 5.32 Å². The quantitative estimate of drug-likeness (QED) is 0.922. The fourth-order valence-electron chi connectivity index (χ4n) is 2.09. The van der Waals surface area contributed by atoms with Crippen LogP contribution in [0.4, 0.5) is 5.69 Å². The summed E-state index contributed by atoms with van der Waals surface area (Å²) < 4.78 is 12.5. The van der Waals surface area contributed by atoms with E-state index in [0.29, 0.717) is 6.04 Å². The predicted octanol–water partition coefficient (Wildman–Crippen LogP) is 2.30. The van der Waals surface area contributed by atoms with E-state index in [4.69, 9.17) is 0 Å². The predicted molar refractivity (Wildman–Crippen MR) is 81.7 cm³/mol. The largest absolute Gasteiger partial charge is 0.369 e. The highest BCUT2D eigenvalue weighted by Gasteiger charge is 2.18. The summed E-state index contributed by atoms with van der Waals surface area (Å²) in [5, 5.41) is 3.24. The fourth-order valence-corrected chi connectivity index (χ4v) is 3.79. The van der Waals surface area contributed by atoms with Gasteiger partial charge in [0.25, 0.3) is 0 Å². The van der Waals surface area contributed by atoms with E-state index in [1.165, 1.54) is 11.3 Å². The van der Waals surface area contributed by atoms with Crippen molar-refractivity contribution >= 4 is 32.4 Å². The average molecular weight is 331 g/mol. The van der Waals surface area contributed by atoms with E-state index >= 15 is 0 Å². The van der Waals surface area contributed by atoms with Crippen LogP contribution in [-0.4, -0.2) is 35.9 Å². The van der Waals surface area contributed by atoms with E-state index in [0.717, 1.165) is 29.1 Å². The number of hydrogen-bond donors (Lipinski definition) is 1.